The highest BCUT2D eigenvalue weighted by atomic mass is 35.5. The molecule has 0 saturated carbocycles. The number of ketones is 1. The van der Waals surface area contributed by atoms with Gasteiger partial charge in [0.25, 0.3) is 6.00 Å². The molecule has 0 spiro atoms. The fourth-order valence-electron chi connectivity index (χ4n) is 1.62. The van der Waals surface area contributed by atoms with Crippen molar-refractivity contribution in [2.24, 2.45) is 0 Å². The van der Waals surface area contributed by atoms with Crippen LogP contribution in [0.4, 0.5) is 20.2 Å². The van der Waals surface area contributed by atoms with Crippen LogP contribution in [0.15, 0.2) is 30.3 Å². The molecule has 4 nitrogen and oxygen atoms in total. The number of nitrogen functional groups attached to an aromatic ring is 2. The first-order valence-corrected chi connectivity index (χ1v) is 8.30. The largest absolute Gasteiger partial charge is 0.399 e. The summed E-state index contributed by atoms with van der Waals surface area (Å²) < 4.78 is 25.4. The monoisotopic (exact) mass is 433 g/mol. The van der Waals surface area contributed by atoms with E-state index in [4.69, 9.17) is 41.2 Å². The Labute approximate surface area is 176 Å². The summed E-state index contributed by atoms with van der Waals surface area (Å²) in [6.45, 7) is 9.22. The fraction of sp³-hybridized carbons (Fsp3) is 0.300. The van der Waals surface area contributed by atoms with Crippen molar-refractivity contribution in [2.45, 2.75) is 28.7 Å². The first-order valence-electron chi connectivity index (χ1n) is 7.23. The van der Waals surface area contributed by atoms with Crippen LogP contribution in [0, 0.1) is 32.1 Å². The number of rotatable bonds is 2. The molecule has 0 saturated heterocycles. The minimum absolute atomic E-state index is 0. The van der Waals surface area contributed by atoms with Gasteiger partial charge in [-0.1, -0.05) is 20.9 Å². The third kappa shape index (κ3) is 10.7. The smallest absolute Gasteiger partial charge is 0.288 e. The molecule has 0 fully saturated rings. The maximum Gasteiger partial charge on any atom is 0.288 e. The van der Waals surface area contributed by atoms with Crippen LogP contribution < -0.4 is 11.5 Å². The van der Waals surface area contributed by atoms with Crippen LogP contribution in [0.1, 0.15) is 36.3 Å². The van der Waals surface area contributed by atoms with Gasteiger partial charge in [0.2, 0.25) is 0 Å². The number of carbonyl (C=O) groups excluding carboxylic acids is 1. The molecular weight excluding hydrogens is 407 g/mol. The first kappa shape index (κ1) is 30.4. The van der Waals surface area contributed by atoms with E-state index in [9.17, 15) is 13.6 Å². The SMILES string of the molecule is C.C.Cc1cc(C(=O)CCl)c(N)cc1F.Cc1ccc(N)cc1F.[C-]#[N+]CCl. The average molecular weight is 434 g/mol. The van der Waals surface area contributed by atoms with Crippen LogP contribution >= 0.6 is 23.2 Å². The number of nitrogens with zero attached hydrogens (tertiary/aromatic N) is 1. The second-order valence-corrected chi connectivity index (χ2v) is 5.54. The fourth-order valence-corrected chi connectivity index (χ4v) is 1.76. The molecule has 0 radical (unpaired) electrons. The van der Waals surface area contributed by atoms with Gasteiger partial charge in [0.15, 0.2) is 5.78 Å². The van der Waals surface area contributed by atoms with Crippen LogP contribution in [0.2, 0.25) is 0 Å². The number of carbonyl (C=O) groups is 1. The van der Waals surface area contributed by atoms with Crippen LogP contribution in [-0.2, 0) is 0 Å². The Morgan fingerprint density at radius 2 is 1.54 bits per heavy atom. The summed E-state index contributed by atoms with van der Waals surface area (Å²) in [7, 11) is 0. The maximum atomic E-state index is 12.9. The molecular formula is C20H27Cl2F2N3O. The van der Waals surface area contributed by atoms with Gasteiger partial charge < -0.3 is 11.5 Å². The highest BCUT2D eigenvalue weighted by molar-refractivity contribution is 6.31. The Morgan fingerprint density at radius 3 is 1.93 bits per heavy atom. The molecule has 0 atom stereocenters. The van der Waals surface area contributed by atoms with E-state index in [-0.39, 0.29) is 49.6 Å². The normalized spacial score (nSPS) is 8.46. The summed E-state index contributed by atoms with van der Waals surface area (Å²) in [6.07, 6.45) is 0. The van der Waals surface area contributed by atoms with Crippen LogP contribution in [-0.4, -0.2) is 17.7 Å². The number of aryl methyl sites for hydroxylation is 2. The number of Topliss-reactive ketones (excluding diaryl/α,β-unsaturated/α-hetero) is 1. The minimum Gasteiger partial charge on any atom is -0.399 e. The van der Waals surface area contributed by atoms with Crippen molar-refractivity contribution in [1.29, 1.82) is 0 Å². The van der Waals surface area contributed by atoms with Crippen LogP contribution in [0.5, 0.6) is 0 Å². The van der Waals surface area contributed by atoms with Crippen LogP contribution in [0.25, 0.3) is 4.85 Å². The first-order chi connectivity index (χ1) is 12.2. The number of anilines is 2. The van der Waals surface area contributed by atoms with Gasteiger partial charge in [0, 0.05) is 16.9 Å². The van der Waals surface area contributed by atoms with Gasteiger partial charge >= 0.3 is 0 Å². The zero-order valence-electron chi connectivity index (χ0n) is 14.3. The molecule has 0 aliphatic carbocycles. The molecule has 0 amide bonds. The zero-order valence-corrected chi connectivity index (χ0v) is 15.8. The molecule has 2 aromatic carbocycles. The predicted molar refractivity (Wildman–Crippen MR) is 117 cm³/mol. The zero-order chi connectivity index (χ0) is 20.3. The Hall–Kier alpha value is -2.36. The van der Waals surface area contributed by atoms with Crippen molar-refractivity contribution in [3.63, 3.8) is 0 Å². The Morgan fingerprint density at radius 1 is 1.04 bits per heavy atom. The lowest BCUT2D eigenvalue weighted by atomic mass is 10.1. The van der Waals surface area contributed by atoms with E-state index in [1.54, 1.807) is 26.0 Å². The highest BCUT2D eigenvalue weighted by Crippen LogP contribution is 2.18. The van der Waals surface area contributed by atoms with Gasteiger partial charge in [0.1, 0.15) is 11.6 Å². The lowest BCUT2D eigenvalue weighted by Crippen LogP contribution is -2.06. The molecule has 0 aliphatic rings. The lowest BCUT2D eigenvalue weighted by Gasteiger charge is -2.04. The average Bonchev–Trinajstić information content (AvgIpc) is 2.61. The van der Waals surface area contributed by atoms with E-state index < -0.39 is 5.82 Å². The predicted octanol–water partition coefficient (Wildman–Crippen LogP) is 6.23. The van der Waals surface area contributed by atoms with Gasteiger partial charge in [-0.15, -0.1) is 11.6 Å². The van der Waals surface area contributed by atoms with Crippen molar-refractivity contribution in [1.82, 2.24) is 0 Å². The molecule has 0 aromatic heterocycles. The topological polar surface area (TPSA) is 73.5 Å². The summed E-state index contributed by atoms with van der Waals surface area (Å²) in [6, 6.07) is 7.28. The Balaban J connectivity index is -0.000000366. The van der Waals surface area contributed by atoms with Gasteiger partial charge in [-0.05, 0) is 60.8 Å². The molecule has 28 heavy (non-hydrogen) atoms. The number of halogens is 4. The second-order valence-electron chi connectivity index (χ2n) is 5.03. The van der Waals surface area contributed by atoms with Crippen molar-refractivity contribution >= 4 is 40.4 Å². The number of hydrogen-bond donors (Lipinski definition) is 2. The number of hydrogen-bond acceptors (Lipinski definition) is 3. The molecule has 0 aliphatic heterocycles. The van der Waals surface area contributed by atoms with Gasteiger partial charge in [0.05, 0.1) is 5.88 Å². The third-order valence-electron chi connectivity index (χ3n) is 3.01. The van der Waals surface area contributed by atoms with Crippen molar-refractivity contribution in [3.05, 3.63) is 70.1 Å². The van der Waals surface area contributed by atoms with Crippen molar-refractivity contribution in [3.8, 4) is 0 Å². The van der Waals surface area contributed by atoms with E-state index in [1.165, 1.54) is 12.1 Å². The van der Waals surface area contributed by atoms with Gasteiger partial charge in [-0.25, -0.2) is 15.4 Å². The lowest BCUT2D eigenvalue weighted by molar-refractivity contribution is 0.102. The molecule has 2 aromatic rings. The van der Waals surface area contributed by atoms with Crippen molar-refractivity contribution in [2.75, 3.05) is 23.4 Å². The van der Waals surface area contributed by atoms with E-state index in [1.807, 2.05) is 0 Å². The second kappa shape index (κ2) is 15.7. The summed E-state index contributed by atoms with van der Waals surface area (Å²) in [5.74, 6) is -1.09. The van der Waals surface area contributed by atoms with Crippen LogP contribution in [0.3, 0.4) is 0 Å². The molecule has 0 bridgehead atoms. The molecule has 8 heteroatoms. The summed E-state index contributed by atoms with van der Waals surface area (Å²) in [4.78, 5) is 13.9. The summed E-state index contributed by atoms with van der Waals surface area (Å²) >= 11 is 10.2. The number of alkyl halides is 2. The quantitative estimate of drug-likeness (QED) is 0.194. The van der Waals surface area contributed by atoms with Gasteiger partial charge in [-0.3, -0.25) is 9.64 Å². The Bertz CT molecular complexity index is 794. The summed E-state index contributed by atoms with van der Waals surface area (Å²) in [5, 5.41) is 0. The van der Waals surface area contributed by atoms with E-state index in [0.717, 1.165) is 6.07 Å². The maximum absolute atomic E-state index is 12.9. The van der Waals surface area contributed by atoms with Gasteiger partial charge in [-0.2, -0.15) is 0 Å². The third-order valence-corrected chi connectivity index (χ3v) is 3.37. The molecule has 4 N–H and O–H groups in total. The standard InChI is InChI=1S/C9H9ClFNO.C7H8FN.C2H2ClN.2CH4/c1-5-2-6(9(13)4-10)8(12)3-7(5)11;1-5-2-3-6(9)4-7(5)8;1-4-2-3;;/h2-3H,4,12H2,1H3;2-4H,9H2,1H3;2H2;2*1H4. The Kier molecular flexibility index (Phi) is 17.0. The molecule has 0 unspecified atom stereocenters. The minimum atomic E-state index is -0.413. The van der Waals surface area contributed by atoms with E-state index in [0.29, 0.717) is 16.8 Å². The highest BCUT2D eigenvalue weighted by Gasteiger charge is 2.10. The van der Waals surface area contributed by atoms with E-state index >= 15 is 0 Å². The van der Waals surface area contributed by atoms with E-state index in [2.05, 4.69) is 4.85 Å². The molecule has 2 rings (SSSR count). The van der Waals surface area contributed by atoms with Crippen molar-refractivity contribution < 1.29 is 13.6 Å². The number of nitrogens with two attached hydrogens (primary N) is 2. The summed E-state index contributed by atoms with van der Waals surface area (Å²) in [5.41, 5.74) is 12.6. The molecule has 156 valence electrons. The molecule has 0 heterocycles. The number of benzene rings is 2.